The van der Waals surface area contributed by atoms with E-state index < -0.39 is 12.0 Å². The highest BCUT2D eigenvalue weighted by atomic mass is 19.3. The highest BCUT2D eigenvalue weighted by Gasteiger charge is 2.41. The van der Waals surface area contributed by atoms with E-state index in [0.29, 0.717) is 5.41 Å². The van der Waals surface area contributed by atoms with Crippen LogP contribution in [0.25, 0.3) is 0 Å². The van der Waals surface area contributed by atoms with Crippen molar-refractivity contribution >= 4 is 0 Å². The molecule has 1 aliphatic rings. The van der Waals surface area contributed by atoms with Gasteiger partial charge in [0.05, 0.1) is 5.54 Å². The van der Waals surface area contributed by atoms with Crippen molar-refractivity contribution < 1.29 is 8.78 Å². The predicted octanol–water partition coefficient (Wildman–Crippen LogP) is 3.19. The van der Waals surface area contributed by atoms with Gasteiger partial charge in [0.1, 0.15) is 0 Å². The normalized spacial score (nSPS) is 27.6. The molecule has 0 spiro atoms. The number of alkyl halides is 2. The summed E-state index contributed by atoms with van der Waals surface area (Å²) in [5.41, 5.74) is 4.69. The zero-order chi connectivity index (χ0) is 11.0. The van der Waals surface area contributed by atoms with Crippen LogP contribution in [0.2, 0.25) is 0 Å². The fourth-order valence-corrected chi connectivity index (χ4v) is 2.20. The van der Waals surface area contributed by atoms with Crippen LogP contribution in [0.15, 0.2) is 0 Å². The van der Waals surface area contributed by atoms with Gasteiger partial charge >= 0.3 is 0 Å². The lowest BCUT2D eigenvalue weighted by Gasteiger charge is -2.41. The highest BCUT2D eigenvalue weighted by Crippen LogP contribution is 2.42. The average molecular weight is 205 g/mol. The maximum Gasteiger partial charge on any atom is 0.256 e. The van der Waals surface area contributed by atoms with Crippen LogP contribution in [0.3, 0.4) is 0 Å². The fraction of sp³-hybridized carbons (Fsp3) is 1.00. The molecular weight excluding hydrogens is 184 g/mol. The van der Waals surface area contributed by atoms with Gasteiger partial charge in [0.2, 0.25) is 0 Å². The summed E-state index contributed by atoms with van der Waals surface area (Å²) in [6.07, 6.45) is 1.29. The van der Waals surface area contributed by atoms with E-state index in [1.165, 1.54) is 6.92 Å². The summed E-state index contributed by atoms with van der Waals surface area (Å²) < 4.78 is 25.3. The quantitative estimate of drug-likeness (QED) is 0.736. The number of rotatable bonds is 2. The van der Waals surface area contributed by atoms with E-state index in [-0.39, 0.29) is 5.92 Å². The lowest BCUT2D eigenvalue weighted by atomic mass is 9.68. The van der Waals surface area contributed by atoms with Crippen LogP contribution < -0.4 is 5.73 Å². The van der Waals surface area contributed by atoms with Gasteiger partial charge in [-0.2, -0.15) is 0 Å². The Balaban J connectivity index is 2.57. The van der Waals surface area contributed by atoms with Crippen LogP contribution >= 0.6 is 0 Å². The van der Waals surface area contributed by atoms with E-state index in [1.807, 2.05) is 0 Å². The average Bonchev–Trinajstić information content (AvgIpc) is 2.03. The lowest BCUT2D eigenvalue weighted by molar-refractivity contribution is 0.00492. The molecule has 0 aromatic rings. The monoisotopic (exact) mass is 205 g/mol. The van der Waals surface area contributed by atoms with Crippen molar-refractivity contribution in [2.45, 2.75) is 58.4 Å². The summed E-state index contributed by atoms with van der Waals surface area (Å²) in [6.45, 7) is 5.87. The van der Waals surface area contributed by atoms with Gasteiger partial charge in [-0.15, -0.1) is 0 Å². The Morgan fingerprint density at radius 1 is 1.29 bits per heavy atom. The first-order valence-electron chi connectivity index (χ1n) is 5.33. The van der Waals surface area contributed by atoms with Crippen molar-refractivity contribution in [3.8, 4) is 0 Å². The molecule has 2 N–H and O–H groups in total. The Kier molecular flexibility index (Phi) is 3.20. The third kappa shape index (κ3) is 2.44. The van der Waals surface area contributed by atoms with Gasteiger partial charge in [0.25, 0.3) is 6.43 Å². The topological polar surface area (TPSA) is 26.0 Å². The van der Waals surface area contributed by atoms with Gasteiger partial charge in [-0.05, 0) is 43.9 Å². The van der Waals surface area contributed by atoms with Crippen molar-refractivity contribution in [2.75, 3.05) is 0 Å². The molecule has 1 fully saturated rings. The fourth-order valence-electron chi connectivity index (χ4n) is 2.20. The van der Waals surface area contributed by atoms with Crippen LogP contribution in [-0.2, 0) is 0 Å². The Morgan fingerprint density at radius 2 is 1.71 bits per heavy atom. The molecule has 1 aliphatic carbocycles. The van der Waals surface area contributed by atoms with Gasteiger partial charge in [0.15, 0.2) is 0 Å². The first-order chi connectivity index (χ1) is 6.26. The largest absolute Gasteiger partial charge is 0.320 e. The lowest BCUT2D eigenvalue weighted by Crippen LogP contribution is -2.52. The summed E-state index contributed by atoms with van der Waals surface area (Å²) in [5, 5.41) is 0. The summed E-state index contributed by atoms with van der Waals surface area (Å²) in [7, 11) is 0. The van der Waals surface area contributed by atoms with E-state index in [0.717, 1.165) is 25.7 Å². The number of nitrogens with two attached hydrogens (primary N) is 1. The van der Waals surface area contributed by atoms with Gasteiger partial charge < -0.3 is 5.73 Å². The summed E-state index contributed by atoms with van der Waals surface area (Å²) in [6, 6.07) is 0. The SMILES string of the molecule is CC1(C)CCC(C(C)(N)C(F)F)CC1. The molecular formula is C11H21F2N. The molecule has 1 unspecified atom stereocenters. The van der Waals surface area contributed by atoms with Crippen LogP contribution in [0.5, 0.6) is 0 Å². The molecule has 1 nitrogen and oxygen atoms in total. The molecule has 0 aromatic heterocycles. The smallest absolute Gasteiger partial charge is 0.256 e. The van der Waals surface area contributed by atoms with Gasteiger partial charge in [0, 0.05) is 0 Å². The maximum absolute atomic E-state index is 12.7. The molecule has 0 saturated heterocycles. The molecule has 0 amide bonds. The minimum Gasteiger partial charge on any atom is -0.320 e. The molecule has 1 rings (SSSR count). The van der Waals surface area contributed by atoms with E-state index in [1.54, 1.807) is 0 Å². The molecule has 14 heavy (non-hydrogen) atoms. The van der Waals surface area contributed by atoms with Gasteiger partial charge in [-0.25, -0.2) is 8.78 Å². The second kappa shape index (κ2) is 3.76. The van der Waals surface area contributed by atoms with Crippen LogP contribution in [0, 0.1) is 11.3 Å². The minimum absolute atomic E-state index is 0.0180. The zero-order valence-corrected chi connectivity index (χ0v) is 9.32. The Hall–Kier alpha value is -0.180. The van der Waals surface area contributed by atoms with E-state index in [9.17, 15) is 8.78 Å². The summed E-state index contributed by atoms with van der Waals surface area (Å²) in [5.74, 6) is -0.0180. The molecule has 0 aromatic carbocycles. The molecule has 0 bridgehead atoms. The van der Waals surface area contributed by atoms with Crippen molar-refractivity contribution in [1.29, 1.82) is 0 Å². The zero-order valence-electron chi connectivity index (χ0n) is 9.32. The van der Waals surface area contributed by atoms with Crippen LogP contribution in [0.1, 0.15) is 46.5 Å². The van der Waals surface area contributed by atoms with Crippen LogP contribution in [-0.4, -0.2) is 12.0 Å². The van der Waals surface area contributed by atoms with Gasteiger partial charge in [-0.3, -0.25) is 0 Å². The third-order valence-corrected chi connectivity index (χ3v) is 3.69. The number of hydrogen-bond donors (Lipinski definition) is 1. The molecule has 1 atom stereocenters. The summed E-state index contributed by atoms with van der Waals surface area (Å²) in [4.78, 5) is 0. The van der Waals surface area contributed by atoms with E-state index in [4.69, 9.17) is 5.73 Å². The molecule has 84 valence electrons. The molecule has 0 aliphatic heterocycles. The Morgan fingerprint density at radius 3 is 2.07 bits per heavy atom. The van der Waals surface area contributed by atoms with Crippen molar-refractivity contribution in [1.82, 2.24) is 0 Å². The first-order valence-corrected chi connectivity index (χ1v) is 5.33. The predicted molar refractivity (Wildman–Crippen MR) is 54.3 cm³/mol. The van der Waals surface area contributed by atoms with Gasteiger partial charge in [-0.1, -0.05) is 13.8 Å². The highest BCUT2D eigenvalue weighted by molar-refractivity contribution is 4.93. The molecule has 0 heterocycles. The minimum atomic E-state index is -2.41. The number of hydrogen-bond acceptors (Lipinski definition) is 1. The second-order valence-electron chi connectivity index (χ2n) is 5.61. The molecule has 3 heteroatoms. The molecule has 0 radical (unpaired) electrons. The maximum atomic E-state index is 12.7. The standard InChI is InChI=1S/C11H21F2N/c1-10(2)6-4-8(5-7-10)11(3,14)9(12)13/h8-9H,4-7,14H2,1-3H3. The molecule has 1 saturated carbocycles. The third-order valence-electron chi connectivity index (χ3n) is 3.69. The Bertz CT molecular complexity index is 189. The Labute approximate surface area is 85.1 Å². The van der Waals surface area contributed by atoms with Crippen molar-refractivity contribution in [3.63, 3.8) is 0 Å². The van der Waals surface area contributed by atoms with Crippen molar-refractivity contribution in [3.05, 3.63) is 0 Å². The number of halogens is 2. The van der Waals surface area contributed by atoms with E-state index >= 15 is 0 Å². The second-order valence-corrected chi connectivity index (χ2v) is 5.61. The first kappa shape index (κ1) is 11.9. The van der Waals surface area contributed by atoms with Crippen molar-refractivity contribution in [2.24, 2.45) is 17.1 Å². The van der Waals surface area contributed by atoms with Crippen LogP contribution in [0.4, 0.5) is 8.78 Å². The van der Waals surface area contributed by atoms with E-state index in [2.05, 4.69) is 13.8 Å². The summed E-state index contributed by atoms with van der Waals surface area (Å²) >= 11 is 0.